The number of amides is 1. The molecule has 0 unspecified atom stereocenters. The number of nitrogens with zero attached hydrogens (tertiary/aromatic N) is 2. The molecule has 0 fully saturated rings. The Morgan fingerprint density at radius 2 is 1.85 bits per heavy atom. The Bertz CT molecular complexity index is 1020. The molecule has 6 heteroatoms. The molecule has 1 aromatic heterocycles. The second-order valence-corrected chi connectivity index (χ2v) is 8.60. The van der Waals surface area contributed by atoms with Gasteiger partial charge in [0.2, 0.25) is 0 Å². The Hall–Kier alpha value is -1.89. The average Bonchev–Trinajstić information content (AvgIpc) is 2.96. The van der Waals surface area contributed by atoms with Crippen molar-refractivity contribution in [3.05, 3.63) is 57.9 Å². The highest BCUT2D eigenvalue weighted by atomic mass is 32.2. The number of carbonyl (C=O) groups excluding carboxylic acids is 1. The summed E-state index contributed by atoms with van der Waals surface area (Å²) in [5, 5.41) is 0. The van der Waals surface area contributed by atoms with E-state index in [4.69, 9.17) is 4.74 Å². The number of hydrogen-bond acceptors (Lipinski definition) is 4. The van der Waals surface area contributed by atoms with Crippen molar-refractivity contribution in [2.45, 2.75) is 32.2 Å². The number of ether oxygens (including phenoxy) is 1. The van der Waals surface area contributed by atoms with Crippen LogP contribution in [0.5, 0.6) is 0 Å². The van der Waals surface area contributed by atoms with Crippen molar-refractivity contribution < 1.29 is 9.53 Å². The minimum absolute atomic E-state index is 0.119. The highest BCUT2D eigenvalue weighted by molar-refractivity contribution is 8.00. The quantitative estimate of drug-likeness (QED) is 0.573. The molecule has 0 aliphatic heterocycles. The third-order valence-corrected chi connectivity index (χ3v) is 6.46. The van der Waals surface area contributed by atoms with Crippen LogP contribution < -0.4 is 4.80 Å². The summed E-state index contributed by atoms with van der Waals surface area (Å²) in [6, 6.07) is 12.5. The van der Waals surface area contributed by atoms with Gasteiger partial charge in [-0.2, -0.15) is 4.99 Å². The zero-order valence-corrected chi connectivity index (χ0v) is 17.7. The van der Waals surface area contributed by atoms with Crippen LogP contribution in [0.4, 0.5) is 0 Å². The molecule has 0 aliphatic rings. The third kappa shape index (κ3) is 4.89. The Labute approximate surface area is 167 Å². The predicted octanol–water partition coefficient (Wildman–Crippen LogP) is 4.49. The number of aryl methyl sites for hydroxylation is 3. The molecule has 0 spiro atoms. The number of methoxy groups -OCH3 is 1. The maximum Gasteiger partial charge on any atom is 0.258 e. The van der Waals surface area contributed by atoms with E-state index in [1.54, 1.807) is 18.4 Å². The molecule has 142 valence electrons. The van der Waals surface area contributed by atoms with E-state index in [-0.39, 0.29) is 5.91 Å². The molecule has 2 aromatic carbocycles. The smallest absolute Gasteiger partial charge is 0.258 e. The fraction of sp³-hybridized carbons (Fsp3) is 0.333. The van der Waals surface area contributed by atoms with Crippen LogP contribution in [0.1, 0.15) is 16.7 Å². The van der Waals surface area contributed by atoms with E-state index >= 15 is 0 Å². The SMILES string of the molecule is COCCn1c(=NC(=O)CSc2ccc(C)cc2)sc2cc(C)c(C)cc21. The van der Waals surface area contributed by atoms with Gasteiger partial charge in [0.05, 0.1) is 22.6 Å². The first-order valence-electron chi connectivity index (χ1n) is 8.84. The van der Waals surface area contributed by atoms with Gasteiger partial charge in [0.25, 0.3) is 5.91 Å². The molecule has 3 aromatic rings. The van der Waals surface area contributed by atoms with E-state index < -0.39 is 0 Å². The first-order valence-corrected chi connectivity index (χ1v) is 10.6. The zero-order chi connectivity index (χ0) is 19.4. The second kappa shape index (κ2) is 8.87. The van der Waals surface area contributed by atoms with E-state index in [0.717, 1.165) is 19.9 Å². The fourth-order valence-electron chi connectivity index (χ4n) is 2.72. The molecule has 0 N–H and O–H groups in total. The van der Waals surface area contributed by atoms with Crippen LogP contribution in [0.25, 0.3) is 10.2 Å². The van der Waals surface area contributed by atoms with Crippen LogP contribution in [0.2, 0.25) is 0 Å². The van der Waals surface area contributed by atoms with Crippen LogP contribution in [0, 0.1) is 20.8 Å². The van der Waals surface area contributed by atoms with Gasteiger partial charge >= 0.3 is 0 Å². The van der Waals surface area contributed by atoms with E-state index in [1.807, 2.05) is 12.1 Å². The van der Waals surface area contributed by atoms with Crippen molar-refractivity contribution >= 4 is 39.2 Å². The summed E-state index contributed by atoms with van der Waals surface area (Å²) >= 11 is 3.08. The topological polar surface area (TPSA) is 43.6 Å². The van der Waals surface area contributed by atoms with Crippen LogP contribution in [0.15, 0.2) is 46.3 Å². The molecule has 0 saturated carbocycles. The minimum Gasteiger partial charge on any atom is -0.383 e. The summed E-state index contributed by atoms with van der Waals surface area (Å²) in [6.07, 6.45) is 0. The standard InChI is InChI=1S/C21H24N2O2S2/c1-14-5-7-17(8-6-14)26-13-20(24)22-21-23(9-10-25-4)18-11-15(2)16(3)12-19(18)27-21/h5-8,11-12H,9-10,13H2,1-4H3. The van der Waals surface area contributed by atoms with Crippen molar-refractivity contribution in [3.63, 3.8) is 0 Å². The van der Waals surface area contributed by atoms with Crippen molar-refractivity contribution in [3.8, 4) is 0 Å². The van der Waals surface area contributed by atoms with Gasteiger partial charge in [0, 0.05) is 18.6 Å². The van der Waals surface area contributed by atoms with Crippen molar-refractivity contribution in [1.82, 2.24) is 4.57 Å². The largest absolute Gasteiger partial charge is 0.383 e. The number of thioether (sulfide) groups is 1. The van der Waals surface area contributed by atoms with Gasteiger partial charge in [-0.1, -0.05) is 29.0 Å². The lowest BCUT2D eigenvalue weighted by atomic mass is 10.1. The summed E-state index contributed by atoms with van der Waals surface area (Å²) in [4.78, 5) is 18.7. The summed E-state index contributed by atoms with van der Waals surface area (Å²) in [5.41, 5.74) is 4.80. The molecule has 1 heterocycles. The number of aromatic nitrogens is 1. The zero-order valence-electron chi connectivity index (χ0n) is 16.1. The normalized spacial score (nSPS) is 12.1. The van der Waals surface area contributed by atoms with Gasteiger partial charge in [-0.05, 0) is 56.2 Å². The second-order valence-electron chi connectivity index (χ2n) is 6.54. The molecule has 0 bridgehead atoms. The highest BCUT2D eigenvalue weighted by Gasteiger charge is 2.10. The summed E-state index contributed by atoms with van der Waals surface area (Å²) in [5.74, 6) is 0.214. The lowest BCUT2D eigenvalue weighted by Gasteiger charge is -2.06. The molecule has 0 atom stereocenters. The molecule has 27 heavy (non-hydrogen) atoms. The van der Waals surface area contributed by atoms with Gasteiger partial charge in [-0.3, -0.25) is 4.79 Å². The lowest BCUT2D eigenvalue weighted by molar-refractivity contribution is -0.115. The first-order chi connectivity index (χ1) is 13.0. The van der Waals surface area contributed by atoms with E-state index in [2.05, 4.69) is 54.6 Å². The Morgan fingerprint density at radius 1 is 1.15 bits per heavy atom. The molecule has 4 nitrogen and oxygen atoms in total. The Morgan fingerprint density at radius 3 is 2.56 bits per heavy atom. The maximum atomic E-state index is 12.5. The third-order valence-electron chi connectivity index (χ3n) is 4.42. The van der Waals surface area contributed by atoms with Crippen LogP contribution in [0.3, 0.4) is 0 Å². The van der Waals surface area contributed by atoms with Crippen LogP contribution in [-0.2, 0) is 16.1 Å². The van der Waals surface area contributed by atoms with Crippen molar-refractivity contribution in [2.24, 2.45) is 4.99 Å². The number of benzene rings is 2. The average molecular weight is 401 g/mol. The molecular formula is C21H24N2O2S2. The fourth-order valence-corrected chi connectivity index (χ4v) is 4.56. The van der Waals surface area contributed by atoms with Crippen molar-refractivity contribution in [1.29, 1.82) is 0 Å². The summed E-state index contributed by atoms with van der Waals surface area (Å²) in [7, 11) is 1.69. The summed E-state index contributed by atoms with van der Waals surface area (Å²) in [6.45, 7) is 7.52. The van der Waals surface area contributed by atoms with E-state index in [0.29, 0.717) is 18.9 Å². The van der Waals surface area contributed by atoms with E-state index in [1.165, 1.54) is 28.5 Å². The van der Waals surface area contributed by atoms with Crippen LogP contribution >= 0.6 is 23.1 Å². The minimum atomic E-state index is -0.119. The number of carbonyl (C=O) groups is 1. The number of thiazole rings is 1. The number of fused-ring (bicyclic) bond motifs is 1. The number of rotatable bonds is 6. The first kappa shape index (κ1) is 19.9. The summed E-state index contributed by atoms with van der Waals surface area (Å²) < 4.78 is 8.48. The van der Waals surface area contributed by atoms with Crippen LogP contribution in [-0.4, -0.2) is 29.9 Å². The number of hydrogen-bond donors (Lipinski definition) is 0. The molecule has 0 radical (unpaired) electrons. The van der Waals surface area contributed by atoms with Gasteiger partial charge in [0.15, 0.2) is 4.80 Å². The Balaban J connectivity index is 1.88. The monoisotopic (exact) mass is 400 g/mol. The van der Waals surface area contributed by atoms with E-state index in [9.17, 15) is 4.79 Å². The van der Waals surface area contributed by atoms with Gasteiger partial charge in [-0.25, -0.2) is 0 Å². The lowest BCUT2D eigenvalue weighted by Crippen LogP contribution is -2.19. The highest BCUT2D eigenvalue weighted by Crippen LogP contribution is 2.22. The molecule has 0 saturated heterocycles. The van der Waals surface area contributed by atoms with Gasteiger partial charge < -0.3 is 9.30 Å². The molecule has 1 amide bonds. The molecule has 0 aliphatic carbocycles. The van der Waals surface area contributed by atoms with Gasteiger partial charge in [-0.15, -0.1) is 11.8 Å². The maximum absolute atomic E-state index is 12.5. The van der Waals surface area contributed by atoms with Crippen molar-refractivity contribution in [2.75, 3.05) is 19.5 Å². The molecular weight excluding hydrogens is 376 g/mol. The predicted molar refractivity (Wildman–Crippen MR) is 114 cm³/mol. The molecule has 3 rings (SSSR count). The Kier molecular flexibility index (Phi) is 6.52. The van der Waals surface area contributed by atoms with Gasteiger partial charge in [0.1, 0.15) is 0 Å².